The summed E-state index contributed by atoms with van der Waals surface area (Å²) in [6.45, 7) is 4.29. The molecule has 0 unspecified atom stereocenters. The Morgan fingerprint density at radius 1 is 1.25 bits per heavy atom. The molecule has 0 radical (unpaired) electrons. The van der Waals surface area contributed by atoms with Crippen molar-refractivity contribution in [2.24, 2.45) is 0 Å². The number of aromatic nitrogens is 2. The maximum Gasteiger partial charge on any atom is 0.205 e. The van der Waals surface area contributed by atoms with E-state index in [2.05, 4.69) is 35.2 Å². The van der Waals surface area contributed by atoms with Gasteiger partial charge in [-0.2, -0.15) is 4.37 Å². The van der Waals surface area contributed by atoms with Crippen molar-refractivity contribution in [1.82, 2.24) is 9.36 Å². The van der Waals surface area contributed by atoms with Crippen molar-refractivity contribution in [3.8, 4) is 0 Å². The molecular weight excluding hydrogens is 218 g/mol. The molecule has 1 aliphatic carbocycles. The van der Waals surface area contributed by atoms with E-state index in [1.165, 1.54) is 32.1 Å². The third-order valence-electron chi connectivity index (χ3n) is 3.37. The van der Waals surface area contributed by atoms with Crippen LogP contribution in [0.25, 0.3) is 0 Å². The lowest BCUT2D eigenvalue weighted by molar-refractivity contribution is 0.427. The van der Waals surface area contributed by atoms with Crippen molar-refractivity contribution < 1.29 is 0 Å². The van der Waals surface area contributed by atoms with Crippen LogP contribution >= 0.6 is 11.5 Å². The molecule has 0 atom stereocenters. The Morgan fingerprint density at radius 3 is 2.50 bits per heavy atom. The number of rotatable bonds is 3. The zero-order valence-electron chi connectivity index (χ0n) is 10.4. The van der Waals surface area contributed by atoms with Gasteiger partial charge in [-0.05, 0) is 12.8 Å². The smallest absolute Gasteiger partial charge is 0.205 e. The third-order valence-corrected chi connectivity index (χ3v) is 4.19. The van der Waals surface area contributed by atoms with Crippen LogP contribution in [0.4, 0.5) is 5.13 Å². The van der Waals surface area contributed by atoms with E-state index in [9.17, 15) is 0 Å². The van der Waals surface area contributed by atoms with Gasteiger partial charge in [0.2, 0.25) is 5.13 Å². The highest BCUT2D eigenvalue weighted by Gasteiger charge is 2.21. The van der Waals surface area contributed by atoms with Gasteiger partial charge in [0.25, 0.3) is 0 Å². The molecule has 0 aliphatic heterocycles. The first kappa shape index (κ1) is 11.8. The molecule has 0 aromatic carbocycles. The molecule has 0 amide bonds. The molecular formula is C12H21N3S. The van der Waals surface area contributed by atoms with Crippen LogP contribution in [0, 0.1) is 0 Å². The molecule has 0 spiro atoms. The second kappa shape index (κ2) is 5.13. The first-order valence-corrected chi connectivity index (χ1v) is 7.02. The van der Waals surface area contributed by atoms with Crippen molar-refractivity contribution in [3.63, 3.8) is 0 Å². The summed E-state index contributed by atoms with van der Waals surface area (Å²) in [5.74, 6) is 1.42. The van der Waals surface area contributed by atoms with Crippen LogP contribution in [0.1, 0.15) is 57.7 Å². The molecule has 1 aromatic rings. The Bertz CT molecular complexity index is 329. The summed E-state index contributed by atoms with van der Waals surface area (Å²) in [6.07, 6.45) is 6.76. The number of anilines is 1. The van der Waals surface area contributed by atoms with E-state index in [4.69, 9.17) is 0 Å². The van der Waals surface area contributed by atoms with Crippen molar-refractivity contribution in [2.75, 3.05) is 11.9 Å². The van der Waals surface area contributed by atoms with Gasteiger partial charge in [-0.1, -0.05) is 33.1 Å². The molecule has 0 saturated heterocycles. The standard InChI is InChI=1S/C12H21N3S/c1-9(2)11-13-12(16-14-11)15(3)10-7-5-4-6-8-10/h9-10H,4-8H2,1-3H3. The minimum atomic E-state index is 0.435. The normalized spacial score (nSPS) is 18.0. The Labute approximate surface area is 102 Å². The Morgan fingerprint density at radius 2 is 1.94 bits per heavy atom. The van der Waals surface area contributed by atoms with Gasteiger partial charge in [-0.25, -0.2) is 4.98 Å². The maximum absolute atomic E-state index is 4.62. The zero-order chi connectivity index (χ0) is 11.5. The number of nitrogens with zero attached hydrogens (tertiary/aromatic N) is 3. The van der Waals surface area contributed by atoms with Gasteiger partial charge in [-0.3, -0.25) is 0 Å². The van der Waals surface area contributed by atoms with Gasteiger partial charge >= 0.3 is 0 Å². The van der Waals surface area contributed by atoms with Gasteiger partial charge in [0.05, 0.1) is 0 Å². The summed E-state index contributed by atoms with van der Waals surface area (Å²) in [7, 11) is 2.17. The molecule has 2 rings (SSSR count). The summed E-state index contributed by atoms with van der Waals surface area (Å²) in [6, 6.07) is 0.682. The fourth-order valence-corrected chi connectivity index (χ4v) is 3.07. The minimum Gasteiger partial charge on any atom is -0.347 e. The Kier molecular flexibility index (Phi) is 3.79. The minimum absolute atomic E-state index is 0.435. The third kappa shape index (κ3) is 2.54. The second-order valence-corrected chi connectivity index (χ2v) is 5.72. The lowest BCUT2D eigenvalue weighted by Gasteiger charge is -2.30. The highest BCUT2D eigenvalue weighted by Crippen LogP contribution is 2.28. The zero-order valence-corrected chi connectivity index (χ0v) is 11.3. The monoisotopic (exact) mass is 239 g/mol. The molecule has 1 aliphatic rings. The van der Waals surface area contributed by atoms with Gasteiger partial charge < -0.3 is 4.90 Å². The largest absolute Gasteiger partial charge is 0.347 e. The average Bonchev–Trinajstić information content (AvgIpc) is 2.78. The lowest BCUT2D eigenvalue weighted by atomic mass is 9.95. The molecule has 1 fully saturated rings. The van der Waals surface area contributed by atoms with Crippen molar-refractivity contribution in [1.29, 1.82) is 0 Å². The predicted octanol–water partition coefficient (Wildman–Crippen LogP) is 3.43. The summed E-state index contributed by atoms with van der Waals surface area (Å²) in [4.78, 5) is 6.95. The second-order valence-electron chi connectivity index (χ2n) is 4.99. The summed E-state index contributed by atoms with van der Waals surface area (Å²) in [5, 5.41) is 1.09. The fraction of sp³-hybridized carbons (Fsp3) is 0.833. The van der Waals surface area contributed by atoms with Gasteiger partial charge in [-0.15, -0.1) is 0 Å². The van der Waals surface area contributed by atoms with Crippen LogP contribution < -0.4 is 4.90 Å². The first-order chi connectivity index (χ1) is 7.68. The van der Waals surface area contributed by atoms with E-state index in [0.29, 0.717) is 12.0 Å². The highest BCUT2D eigenvalue weighted by atomic mass is 32.1. The predicted molar refractivity (Wildman–Crippen MR) is 69.3 cm³/mol. The number of hydrogen-bond acceptors (Lipinski definition) is 4. The van der Waals surface area contributed by atoms with Crippen molar-refractivity contribution in [2.45, 2.75) is 57.9 Å². The molecule has 1 heterocycles. The Balaban J connectivity index is 2.04. The van der Waals surface area contributed by atoms with Gasteiger partial charge in [0.15, 0.2) is 0 Å². The van der Waals surface area contributed by atoms with Gasteiger partial charge in [0, 0.05) is 30.5 Å². The molecule has 0 bridgehead atoms. The van der Waals surface area contributed by atoms with E-state index in [0.717, 1.165) is 11.0 Å². The summed E-state index contributed by atoms with van der Waals surface area (Å²) < 4.78 is 4.42. The topological polar surface area (TPSA) is 29.0 Å². The van der Waals surface area contributed by atoms with E-state index < -0.39 is 0 Å². The van der Waals surface area contributed by atoms with Crippen molar-refractivity contribution >= 4 is 16.7 Å². The van der Waals surface area contributed by atoms with Crippen LogP contribution in [0.5, 0.6) is 0 Å². The molecule has 0 N–H and O–H groups in total. The van der Waals surface area contributed by atoms with Crippen LogP contribution in [-0.4, -0.2) is 22.4 Å². The van der Waals surface area contributed by atoms with Crippen LogP contribution in [0.3, 0.4) is 0 Å². The maximum atomic E-state index is 4.62. The van der Waals surface area contributed by atoms with Gasteiger partial charge in [0.1, 0.15) is 5.82 Å². The van der Waals surface area contributed by atoms with Crippen LogP contribution in [-0.2, 0) is 0 Å². The highest BCUT2D eigenvalue weighted by molar-refractivity contribution is 7.09. The van der Waals surface area contributed by atoms with E-state index in [1.807, 2.05) is 0 Å². The van der Waals surface area contributed by atoms with Crippen LogP contribution in [0.2, 0.25) is 0 Å². The molecule has 4 heteroatoms. The first-order valence-electron chi connectivity index (χ1n) is 6.25. The van der Waals surface area contributed by atoms with E-state index in [-0.39, 0.29) is 0 Å². The van der Waals surface area contributed by atoms with Crippen LogP contribution in [0.15, 0.2) is 0 Å². The molecule has 90 valence electrons. The lowest BCUT2D eigenvalue weighted by Crippen LogP contribution is -2.33. The molecule has 3 nitrogen and oxygen atoms in total. The summed E-state index contributed by atoms with van der Waals surface area (Å²) >= 11 is 1.54. The number of hydrogen-bond donors (Lipinski definition) is 0. The van der Waals surface area contributed by atoms with E-state index >= 15 is 0 Å². The summed E-state index contributed by atoms with van der Waals surface area (Å²) in [5.41, 5.74) is 0. The Hall–Kier alpha value is -0.640. The average molecular weight is 239 g/mol. The SMILES string of the molecule is CC(C)c1nsc(N(C)C2CCCCC2)n1. The fourth-order valence-electron chi connectivity index (χ4n) is 2.23. The van der Waals surface area contributed by atoms with E-state index in [1.54, 1.807) is 11.5 Å². The quantitative estimate of drug-likeness (QED) is 0.809. The molecule has 1 saturated carbocycles. The van der Waals surface area contributed by atoms with Crippen molar-refractivity contribution in [3.05, 3.63) is 5.82 Å². The molecule has 1 aromatic heterocycles. The molecule has 16 heavy (non-hydrogen) atoms.